The minimum atomic E-state index is -4.67. The number of hydrogen-bond donors (Lipinski definition) is 0. The molecule has 0 unspecified atom stereocenters. The van der Waals surface area contributed by atoms with Crippen LogP contribution in [0.15, 0.2) is 48.8 Å². The Bertz CT molecular complexity index is 1510. The molecule has 2 aromatic heterocycles. The molecule has 3 heterocycles. The fourth-order valence-electron chi connectivity index (χ4n) is 4.80. The van der Waals surface area contributed by atoms with Crippen LogP contribution in [0.4, 0.5) is 23.2 Å². The molecule has 0 fully saturated rings. The van der Waals surface area contributed by atoms with E-state index in [-0.39, 0.29) is 24.1 Å². The lowest BCUT2D eigenvalue weighted by Gasteiger charge is -2.26. The molecule has 1 atom stereocenters. The molecule has 1 aliphatic heterocycles. The normalized spacial score (nSPS) is 15.9. The Labute approximate surface area is 215 Å². The number of methoxy groups -OCH3 is 1. The number of aryl methyl sites for hydroxylation is 2. The first-order valence-corrected chi connectivity index (χ1v) is 11.8. The standard InChI is InChI=1S/C26H24F4N6O2/c1-15-12-34(16(2)31-15)22-9-7-17(11-24(22)38-3)20-13-36(33-32-20)23-10-8-18-19(27)5-4-6-21(18)35(25(23)37)14-26(28,29)30/h4-7,9,11-13,23H,8,10,14H2,1-3H3/t23-/m0/s1. The van der Waals surface area contributed by atoms with Crippen LogP contribution < -0.4 is 9.64 Å². The van der Waals surface area contributed by atoms with Crippen molar-refractivity contribution in [1.82, 2.24) is 24.5 Å². The van der Waals surface area contributed by atoms with Crippen molar-refractivity contribution in [1.29, 1.82) is 0 Å². The van der Waals surface area contributed by atoms with Gasteiger partial charge < -0.3 is 14.2 Å². The number of halogens is 4. The topological polar surface area (TPSA) is 78.1 Å². The number of nitrogens with zero attached hydrogens (tertiary/aromatic N) is 6. The molecular formula is C26H24F4N6O2. The third-order valence-electron chi connectivity index (χ3n) is 6.51. The van der Waals surface area contributed by atoms with Gasteiger partial charge in [0.1, 0.15) is 35.7 Å². The molecule has 0 N–H and O–H groups in total. The van der Waals surface area contributed by atoms with Gasteiger partial charge in [0.15, 0.2) is 0 Å². The summed E-state index contributed by atoms with van der Waals surface area (Å²) >= 11 is 0. The number of hydrogen-bond acceptors (Lipinski definition) is 5. The molecule has 1 aliphatic rings. The van der Waals surface area contributed by atoms with Crippen LogP contribution in [0.3, 0.4) is 0 Å². The van der Waals surface area contributed by atoms with Crippen molar-refractivity contribution in [2.24, 2.45) is 0 Å². The minimum Gasteiger partial charge on any atom is -0.495 e. The summed E-state index contributed by atoms with van der Waals surface area (Å²) in [6, 6.07) is 8.10. The number of imidazole rings is 1. The van der Waals surface area contributed by atoms with E-state index in [1.54, 1.807) is 12.1 Å². The second-order valence-electron chi connectivity index (χ2n) is 9.10. The van der Waals surface area contributed by atoms with Crippen LogP contribution >= 0.6 is 0 Å². The maximum absolute atomic E-state index is 14.5. The van der Waals surface area contributed by atoms with E-state index in [9.17, 15) is 22.4 Å². The molecule has 2 aromatic carbocycles. The van der Waals surface area contributed by atoms with Gasteiger partial charge in [-0.25, -0.2) is 14.1 Å². The van der Waals surface area contributed by atoms with Crippen molar-refractivity contribution in [2.75, 3.05) is 18.6 Å². The number of fused-ring (bicyclic) bond motifs is 1. The van der Waals surface area contributed by atoms with Crippen LogP contribution in [0, 0.1) is 19.7 Å². The third-order valence-corrected chi connectivity index (χ3v) is 6.51. The molecule has 0 saturated heterocycles. The van der Waals surface area contributed by atoms with Gasteiger partial charge in [0.05, 0.1) is 30.4 Å². The van der Waals surface area contributed by atoms with Gasteiger partial charge in [-0.05, 0) is 51.0 Å². The molecule has 198 valence electrons. The Morgan fingerprint density at radius 1 is 1.11 bits per heavy atom. The van der Waals surface area contributed by atoms with Gasteiger partial charge >= 0.3 is 6.18 Å². The number of alkyl halides is 3. The smallest absolute Gasteiger partial charge is 0.406 e. The van der Waals surface area contributed by atoms with E-state index >= 15 is 0 Å². The maximum atomic E-state index is 14.5. The average molecular weight is 529 g/mol. The fourth-order valence-corrected chi connectivity index (χ4v) is 4.80. The van der Waals surface area contributed by atoms with E-state index in [2.05, 4.69) is 15.3 Å². The van der Waals surface area contributed by atoms with Crippen molar-refractivity contribution in [3.63, 3.8) is 0 Å². The monoisotopic (exact) mass is 528 g/mol. The number of benzene rings is 2. The number of ether oxygens (including phenoxy) is 1. The van der Waals surface area contributed by atoms with Gasteiger partial charge in [-0.3, -0.25) is 4.79 Å². The van der Waals surface area contributed by atoms with Crippen LogP contribution in [0.5, 0.6) is 5.75 Å². The second kappa shape index (κ2) is 9.58. The third kappa shape index (κ3) is 4.73. The van der Waals surface area contributed by atoms with E-state index in [0.29, 0.717) is 21.9 Å². The van der Waals surface area contributed by atoms with E-state index in [1.807, 2.05) is 30.7 Å². The first kappa shape index (κ1) is 25.4. The Morgan fingerprint density at radius 2 is 1.89 bits per heavy atom. The zero-order valence-electron chi connectivity index (χ0n) is 20.8. The van der Waals surface area contributed by atoms with Gasteiger partial charge in [0.25, 0.3) is 5.91 Å². The number of rotatable bonds is 5. The van der Waals surface area contributed by atoms with Gasteiger partial charge in [-0.1, -0.05) is 17.3 Å². The molecule has 8 nitrogen and oxygen atoms in total. The van der Waals surface area contributed by atoms with E-state index in [4.69, 9.17) is 4.74 Å². The molecule has 38 heavy (non-hydrogen) atoms. The van der Waals surface area contributed by atoms with E-state index in [1.165, 1.54) is 36.2 Å². The fraction of sp³-hybridized carbons (Fsp3) is 0.308. The van der Waals surface area contributed by atoms with Gasteiger partial charge in [-0.2, -0.15) is 13.2 Å². The van der Waals surface area contributed by atoms with Crippen LogP contribution in [-0.4, -0.2) is 50.3 Å². The highest BCUT2D eigenvalue weighted by molar-refractivity contribution is 5.97. The molecule has 0 spiro atoms. The molecule has 0 saturated carbocycles. The van der Waals surface area contributed by atoms with E-state index in [0.717, 1.165) is 17.2 Å². The zero-order valence-corrected chi connectivity index (χ0v) is 20.8. The van der Waals surface area contributed by atoms with Gasteiger partial charge in [0, 0.05) is 17.3 Å². The summed E-state index contributed by atoms with van der Waals surface area (Å²) in [6.07, 6.45) is -1.16. The summed E-state index contributed by atoms with van der Waals surface area (Å²) in [6.45, 7) is 2.23. The second-order valence-corrected chi connectivity index (χ2v) is 9.10. The summed E-state index contributed by atoms with van der Waals surface area (Å²) in [7, 11) is 1.54. The van der Waals surface area contributed by atoms with Crippen molar-refractivity contribution >= 4 is 11.6 Å². The van der Waals surface area contributed by atoms with E-state index < -0.39 is 30.5 Å². The number of amides is 1. The van der Waals surface area contributed by atoms with Crippen LogP contribution in [0.1, 0.15) is 29.5 Å². The molecular weight excluding hydrogens is 504 g/mol. The Kier molecular flexibility index (Phi) is 6.41. The van der Waals surface area contributed by atoms with Crippen molar-refractivity contribution in [3.05, 3.63) is 71.7 Å². The summed E-state index contributed by atoms with van der Waals surface area (Å²) in [5, 5.41) is 8.23. The molecule has 5 rings (SSSR count). The SMILES string of the molecule is COc1cc(-c2cn([C@H]3CCc4c(F)cccc4N(CC(F)(F)F)C3=O)nn2)ccc1-n1cc(C)nc1C. The average Bonchev–Trinajstić information content (AvgIpc) is 3.45. The molecule has 0 aliphatic carbocycles. The highest BCUT2D eigenvalue weighted by Gasteiger charge is 2.40. The van der Waals surface area contributed by atoms with Gasteiger partial charge in [0.2, 0.25) is 0 Å². The zero-order chi connectivity index (χ0) is 27.2. The Morgan fingerprint density at radius 3 is 2.58 bits per heavy atom. The highest BCUT2D eigenvalue weighted by Crippen LogP contribution is 2.36. The molecule has 0 radical (unpaired) electrons. The lowest BCUT2D eigenvalue weighted by molar-refractivity contribution is -0.134. The lowest BCUT2D eigenvalue weighted by atomic mass is 10.1. The molecule has 4 aromatic rings. The quantitative estimate of drug-likeness (QED) is 0.342. The molecule has 0 bridgehead atoms. The largest absolute Gasteiger partial charge is 0.495 e. The first-order chi connectivity index (χ1) is 18.1. The van der Waals surface area contributed by atoms with Crippen molar-refractivity contribution in [3.8, 4) is 22.7 Å². The number of anilines is 1. The summed E-state index contributed by atoms with van der Waals surface area (Å²) < 4.78 is 63.5. The minimum absolute atomic E-state index is 0.0610. The molecule has 1 amide bonds. The first-order valence-electron chi connectivity index (χ1n) is 11.8. The summed E-state index contributed by atoms with van der Waals surface area (Å²) in [5.41, 5.74) is 2.64. The predicted molar refractivity (Wildman–Crippen MR) is 131 cm³/mol. The summed E-state index contributed by atoms with van der Waals surface area (Å²) in [5.74, 6) is -0.155. The number of carbonyl (C=O) groups is 1. The Balaban J connectivity index is 1.48. The van der Waals surface area contributed by atoms with Gasteiger partial charge in [-0.15, -0.1) is 5.10 Å². The maximum Gasteiger partial charge on any atom is 0.406 e. The van der Waals surface area contributed by atoms with Crippen molar-refractivity contribution in [2.45, 2.75) is 38.9 Å². The van der Waals surface area contributed by atoms with Crippen LogP contribution in [0.2, 0.25) is 0 Å². The van der Waals surface area contributed by atoms with Crippen molar-refractivity contribution < 1.29 is 27.1 Å². The number of aromatic nitrogens is 5. The highest BCUT2D eigenvalue weighted by atomic mass is 19.4. The van der Waals surface area contributed by atoms with Crippen LogP contribution in [-0.2, 0) is 11.2 Å². The summed E-state index contributed by atoms with van der Waals surface area (Å²) in [4.78, 5) is 18.4. The predicted octanol–water partition coefficient (Wildman–Crippen LogP) is 4.98. The van der Waals surface area contributed by atoms with Crippen LogP contribution in [0.25, 0.3) is 16.9 Å². The number of carbonyl (C=O) groups excluding carboxylic acids is 1. The lowest BCUT2D eigenvalue weighted by Crippen LogP contribution is -2.42. The Hall–Kier alpha value is -4.22. The molecule has 12 heteroatoms.